The Labute approximate surface area is 151 Å². The van der Waals surface area contributed by atoms with Crippen LogP contribution >= 0.6 is 11.3 Å². The fourth-order valence-corrected chi connectivity index (χ4v) is 4.39. The zero-order valence-electron chi connectivity index (χ0n) is 14.3. The number of thiophene rings is 1. The van der Waals surface area contributed by atoms with E-state index in [0.29, 0.717) is 10.6 Å². The first-order valence-electron chi connectivity index (χ1n) is 8.54. The maximum Gasteiger partial charge on any atom is 0.251 e. The minimum absolute atomic E-state index is 0.250. The lowest BCUT2D eigenvalue weighted by Gasteiger charge is -2.04. The van der Waals surface area contributed by atoms with Crippen molar-refractivity contribution in [3.05, 3.63) is 57.5 Å². The van der Waals surface area contributed by atoms with Crippen LogP contribution in [0, 0.1) is 6.92 Å². The summed E-state index contributed by atoms with van der Waals surface area (Å²) in [7, 11) is 0. The number of carbonyl (C=O) groups is 2. The average Bonchev–Trinajstić information content (AvgIpc) is 2.75. The summed E-state index contributed by atoms with van der Waals surface area (Å²) in [5, 5.41) is 3.42. The summed E-state index contributed by atoms with van der Waals surface area (Å²) in [5.74, 6) is -0.711. The molecule has 0 saturated carbocycles. The third-order valence-corrected chi connectivity index (χ3v) is 5.62. The monoisotopic (exact) mass is 354 g/mol. The molecule has 2 amide bonds. The second-order valence-corrected chi connectivity index (χ2v) is 7.47. The summed E-state index contributed by atoms with van der Waals surface area (Å²) in [5.41, 5.74) is 9.25. The van der Waals surface area contributed by atoms with Gasteiger partial charge in [-0.2, -0.15) is 0 Å². The first-order chi connectivity index (χ1) is 12.0. The van der Waals surface area contributed by atoms with E-state index in [1.54, 1.807) is 6.08 Å². The van der Waals surface area contributed by atoms with E-state index in [4.69, 9.17) is 5.73 Å². The fourth-order valence-electron chi connectivity index (χ4n) is 3.09. The molecule has 0 unspecified atom stereocenters. The molecule has 0 fully saturated rings. The standard InChI is InChI=1S/C20H22N2O2S/c1-13-7-9-14(10-8-13)11-12-17(23)22-20-18(19(21)24)15-5-3-2-4-6-16(15)25-20/h7-12H,2-6H2,1H3,(H2,21,24)(H,22,23)/b12-11+. The molecule has 5 heteroatoms. The lowest BCUT2D eigenvalue weighted by atomic mass is 10.1. The highest BCUT2D eigenvalue weighted by molar-refractivity contribution is 7.17. The zero-order chi connectivity index (χ0) is 17.8. The Morgan fingerprint density at radius 3 is 2.56 bits per heavy atom. The quantitative estimate of drug-likeness (QED) is 0.641. The number of nitrogens with one attached hydrogen (secondary N) is 1. The Bertz CT molecular complexity index is 819. The molecule has 0 saturated heterocycles. The van der Waals surface area contributed by atoms with Gasteiger partial charge in [0.2, 0.25) is 5.91 Å². The molecule has 1 aliphatic carbocycles. The van der Waals surface area contributed by atoms with Crippen molar-refractivity contribution in [1.82, 2.24) is 0 Å². The molecule has 1 aliphatic rings. The van der Waals surface area contributed by atoms with Gasteiger partial charge in [0.25, 0.3) is 5.91 Å². The molecular formula is C20H22N2O2S. The molecule has 2 aromatic rings. The average molecular weight is 354 g/mol. The van der Waals surface area contributed by atoms with E-state index >= 15 is 0 Å². The molecule has 0 atom stereocenters. The first-order valence-corrected chi connectivity index (χ1v) is 9.36. The van der Waals surface area contributed by atoms with Crippen molar-refractivity contribution >= 4 is 34.2 Å². The number of benzene rings is 1. The number of amides is 2. The van der Waals surface area contributed by atoms with Crippen molar-refractivity contribution < 1.29 is 9.59 Å². The minimum atomic E-state index is -0.461. The number of carbonyl (C=O) groups excluding carboxylic acids is 2. The van der Waals surface area contributed by atoms with E-state index in [9.17, 15) is 9.59 Å². The number of hydrogen-bond acceptors (Lipinski definition) is 3. The first kappa shape index (κ1) is 17.4. The van der Waals surface area contributed by atoms with Crippen LogP contribution in [0.3, 0.4) is 0 Å². The van der Waals surface area contributed by atoms with Crippen LogP contribution in [-0.4, -0.2) is 11.8 Å². The van der Waals surface area contributed by atoms with E-state index < -0.39 is 5.91 Å². The van der Waals surface area contributed by atoms with Crippen molar-refractivity contribution in [3.63, 3.8) is 0 Å². The lowest BCUT2D eigenvalue weighted by molar-refractivity contribution is -0.111. The van der Waals surface area contributed by atoms with Gasteiger partial charge in [0.15, 0.2) is 0 Å². The zero-order valence-corrected chi connectivity index (χ0v) is 15.1. The molecule has 1 heterocycles. The number of fused-ring (bicyclic) bond motifs is 1. The third kappa shape index (κ3) is 4.17. The number of hydrogen-bond donors (Lipinski definition) is 2. The van der Waals surface area contributed by atoms with Crippen LogP contribution < -0.4 is 11.1 Å². The second-order valence-electron chi connectivity index (χ2n) is 6.37. The van der Waals surface area contributed by atoms with Gasteiger partial charge in [0.05, 0.1) is 5.56 Å². The van der Waals surface area contributed by atoms with Gasteiger partial charge in [-0.05, 0) is 49.8 Å². The molecule has 4 nitrogen and oxygen atoms in total. The topological polar surface area (TPSA) is 72.2 Å². The Balaban J connectivity index is 1.79. The van der Waals surface area contributed by atoms with E-state index in [1.165, 1.54) is 34.3 Å². The summed E-state index contributed by atoms with van der Waals surface area (Å²) in [6.07, 6.45) is 8.41. The molecule has 3 N–H and O–H groups in total. The summed E-state index contributed by atoms with van der Waals surface area (Å²) in [6.45, 7) is 2.02. The maximum absolute atomic E-state index is 12.3. The maximum atomic E-state index is 12.3. The van der Waals surface area contributed by atoms with E-state index in [0.717, 1.165) is 36.8 Å². The molecule has 1 aromatic heterocycles. The number of nitrogens with two attached hydrogens (primary N) is 1. The normalized spacial score (nSPS) is 14.1. The van der Waals surface area contributed by atoms with Crippen molar-refractivity contribution in [1.29, 1.82) is 0 Å². The van der Waals surface area contributed by atoms with Crippen LogP contribution in [0.5, 0.6) is 0 Å². The molecule has 3 rings (SSSR count). The molecule has 0 spiro atoms. The number of anilines is 1. The van der Waals surface area contributed by atoms with Gasteiger partial charge in [-0.25, -0.2) is 0 Å². The number of primary amides is 1. The Morgan fingerprint density at radius 1 is 1.12 bits per heavy atom. The smallest absolute Gasteiger partial charge is 0.251 e. The second kappa shape index (κ2) is 7.66. The van der Waals surface area contributed by atoms with Gasteiger partial charge >= 0.3 is 0 Å². The largest absolute Gasteiger partial charge is 0.365 e. The Kier molecular flexibility index (Phi) is 5.34. The molecule has 130 valence electrons. The minimum Gasteiger partial charge on any atom is -0.365 e. The van der Waals surface area contributed by atoms with Gasteiger partial charge in [0.1, 0.15) is 5.00 Å². The van der Waals surface area contributed by atoms with Gasteiger partial charge in [0, 0.05) is 11.0 Å². The van der Waals surface area contributed by atoms with Crippen LogP contribution in [-0.2, 0) is 17.6 Å². The molecule has 0 radical (unpaired) electrons. The molecule has 0 aliphatic heterocycles. The van der Waals surface area contributed by atoms with Crippen LogP contribution in [0.25, 0.3) is 6.08 Å². The van der Waals surface area contributed by atoms with Crippen molar-refractivity contribution in [2.75, 3.05) is 5.32 Å². The summed E-state index contributed by atoms with van der Waals surface area (Å²) >= 11 is 1.49. The predicted octanol–water partition coefficient (Wildman–Crippen LogP) is 4.08. The summed E-state index contributed by atoms with van der Waals surface area (Å²) in [6, 6.07) is 7.92. The molecule has 0 bridgehead atoms. The SMILES string of the molecule is Cc1ccc(/C=C/C(=O)Nc2sc3c(c2C(N)=O)CCCCC3)cc1. The van der Waals surface area contributed by atoms with E-state index in [2.05, 4.69) is 5.32 Å². The van der Waals surface area contributed by atoms with Gasteiger partial charge in [-0.1, -0.05) is 36.2 Å². The van der Waals surface area contributed by atoms with Gasteiger partial charge < -0.3 is 11.1 Å². The van der Waals surface area contributed by atoms with Gasteiger partial charge in [-0.15, -0.1) is 11.3 Å². The Hall–Kier alpha value is -2.40. The number of aryl methyl sites for hydroxylation is 2. The Morgan fingerprint density at radius 2 is 1.84 bits per heavy atom. The van der Waals surface area contributed by atoms with Gasteiger partial charge in [-0.3, -0.25) is 9.59 Å². The summed E-state index contributed by atoms with van der Waals surface area (Å²) in [4.78, 5) is 25.4. The van der Waals surface area contributed by atoms with Crippen LogP contribution in [0.15, 0.2) is 30.3 Å². The van der Waals surface area contributed by atoms with Crippen molar-refractivity contribution in [2.45, 2.75) is 39.0 Å². The highest BCUT2D eigenvalue weighted by atomic mass is 32.1. The molecule has 1 aromatic carbocycles. The lowest BCUT2D eigenvalue weighted by Crippen LogP contribution is -2.16. The van der Waals surface area contributed by atoms with E-state index in [1.807, 2.05) is 31.2 Å². The van der Waals surface area contributed by atoms with Crippen LogP contribution in [0.1, 0.15) is 51.2 Å². The van der Waals surface area contributed by atoms with Crippen molar-refractivity contribution in [3.8, 4) is 0 Å². The predicted molar refractivity (Wildman–Crippen MR) is 103 cm³/mol. The van der Waals surface area contributed by atoms with Crippen LogP contribution in [0.4, 0.5) is 5.00 Å². The highest BCUT2D eigenvalue weighted by Gasteiger charge is 2.23. The molecule has 25 heavy (non-hydrogen) atoms. The van der Waals surface area contributed by atoms with Crippen molar-refractivity contribution in [2.24, 2.45) is 5.73 Å². The highest BCUT2D eigenvalue weighted by Crippen LogP contribution is 2.37. The third-order valence-electron chi connectivity index (χ3n) is 4.41. The molecular weight excluding hydrogens is 332 g/mol. The number of rotatable bonds is 4. The van der Waals surface area contributed by atoms with Crippen LogP contribution in [0.2, 0.25) is 0 Å². The fraction of sp³-hybridized carbons (Fsp3) is 0.300. The van der Waals surface area contributed by atoms with E-state index in [-0.39, 0.29) is 5.91 Å². The summed E-state index contributed by atoms with van der Waals surface area (Å²) < 4.78 is 0.